The third kappa shape index (κ3) is 2.60. The highest BCUT2D eigenvalue weighted by atomic mass is 15.1. The quantitative estimate of drug-likeness (QED) is 0.694. The molecule has 3 rings (SSSR count). The zero-order chi connectivity index (χ0) is 13.9. The minimum atomic E-state index is 0.633. The first-order chi connectivity index (χ1) is 9.74. The van der Waals surface area contributed by atoms with Gasteiger partial charge in [-0.25, -0.2) is 9.55 Å². The highest BCUT2D eigenvalue weighted by Gasteiger charge is 2.18. The van der Waals surface area contributed by atoms with Crippen LogP contribution < -0.4 is 4.57 Å². The molecule has 0 aliphatic heterocycles. The molecule has 0 aliphatic rings. The van der Waals surface area contributed by atoms with Gasteiger partial charge < -0.3 is 0 Å². The topological polar surface area (TPSA) is 19.7 Å². The molecule has 102 valence electrons. The van der Waals surface area contributed by atoms with E-state index in [0.717, 1.165) is 13.0 Å². The molecule has 0 aliphatic carbocycles. The van der Waals surface area contributed by atoms with Crippen molar-refractivity contribution in [3.05, 3.63) is 66.0 Å². The lowest BCUT2D eigenvalue weighted by atomic mass is 10.1. The molecule has 0 radical (unpaired) electrons. The molecule has 0 amide bonds. The summed E-state index contributed by atoms with van der Waals surface area (Å²) >= 11 is 0. The molecule has 2 heteroatoms. The lowest BCUT2D eigenvalue weighted by molar-refractivity contribution is -0.684. The van der Waals surface area contributed by atoms with Crippen LogP contribution in [0.1, 0.15) is 25.2 Å². The minimum Gasteiger partial charge on any atom is -0.240 e. The Morgan fingerprint density at radius 2 is 1.65 bits per heavy atom. The largest absolute Gasteiger partial charge is 0.259 e. The van der Waals surface area contributed by atoms with E-state index in [-0.39, 0.29) is 0 Å². The Balaban J connectivity index is 2.04. The van der Waals surface area contributed by atoms with E-state index in [1.54, 1.807) is 0 Å². The van der Waals surface area contributed by atoms with Gasteiger partial charge in [-0.1, -0.05) is 56.3 Å². The van der Waals surface area contributed by atoms with Crippen LogP contribution in [0.5, 0.6) is 0 Å². The molecule has 2 aromatic carbocycles. The average Bonchev–Trinajstić information content (AvgIpc) is 2.78. The fraction of sp³-hybridized carbons (Fsp3) is 0.278. The monoisotopic (exact) mass is 265 g/mol. The standard InChI is InChI=1S/C18H20N2/c1-14(2)13-20-17-11-7-6-10-16(17)19-18(20)12-15-8-4-3-5-9-15/h3-11,14H,12-13H2,1-2H3/p+1. The molecule has 1 N–H and O–H groups in total. The zero-order valence-corrected chi connectivity index (χ0v) is 12.1. The normalized spacial score (nSPS) is 11.3. The Bertz CT molecular complexity index is 696. The van der Waals surface area contributed by atoms with E-state index >= 15 is 0 Å². The van der Waals surface area contributed by atoms with Crippen molar-refractivity contribution >= 4 is 11.0 Å². The summed E-state index contributed by atoms with van der Waals surface area (Å²) in [5.74, 6) is 1.92. The predicted molar refractivity (Wildman–Crippen MR) is 82.6 cm³/mol. The van der Waals surface area contributed by atoms with Crippen molar-refractivity contribution in [2.24, 2.45) is 5.92 Å². The number of hydrogen-bond acceptors (Lipinski definition) is 0. The van der Waals surface area contributed by atoms with E-state index in [1.807, 2.05) is 0 Å². The number of para-hydroxylation sites is 2. The van der Waals surface area contributed by atoms with Crippen LogP contribution in [-0.4, -0.2) is 4.98 Å². The number of nitrogens with zero attached hydrogens (tertiary/aromatic N) is 1. The van der Waals surface area contributed by atoms with E-state index in [9.17, 15) is 0 Å². The average molecular weight is 265 g/mol. The Morgan fingerprint density at radius 1 is 0.950 bits per heavy atom. The third-order valence-corrected chi connectivity index (χ3v) is 3.56. The molecule has 0 saturated carbocycles. The number of fused-ring (bicyclic) bond motifs is 1. The Labute approximate surface area is 120 Å². The number of nitrogens with one attached hydrogen (secondary N) is 1. The van der Waals surface area contributed by atoms with E-state index in [4.69, 9.17) is 0 Å². The molecule has 20 heavy (non-hydrogen) atoms. The van der Waals surface area contributed by atoms with Crippen LogP contribution in [0.4, 0.5) is 0 Å². The first-order valence-corrected chi connectivity index (χ1v) is 7.27. The molecular weight excluding hydrogens is 244 g/mol. The number of rotatable bonds is 4. The van der Waals surface area contributed by atoms with Gasteiger partial charge in [0.1, 0.15) is 0 Å². The smallest absolute Gasteiger partial charge is 0.240 e. The van der Waals surface area contributed by atoms with Gasteiger partial charge in [0.2, 0.25) is 0 Å². The zero-order valence-electron chi connectivity index (χ0n) is 12.1. The highest BCUT2D eigenvalue weighted by Crippen LogP contribution is 2.13. The second-order valence-corrected chi connectivity index (χ2v) is 5.76. The SMILES string of the molecule is CC(C)C[n+]1c(Cc2ccccc2)[nH]c2ccccc21. The van der Waals surface area contributed by atoms with Crippen molar-refractivity contribution in [3.63, 3.8) is 0 Å². The minimum absolute atomic E-state index is 0.633. The molecule has 3 aromatic rings. The Morgan fingerprint density at radius 3 is 2.40 bits per heavy atom. The lowest BCUT2D eigenvalue weighted by Gasteiger charge is -2.05. The predicted octanol–water partition coefficient (Wildman–Crippen LogP) is 3.70. The molecule has 1 aromatic heterocycles. The van der Waals surface area contributed by atoms with E-state index in [1.165, 1.54) is 22.4 Å². The molecular formula is C18H21N2+. The summed E-state index contributed by atoms with van der Waals surface area (Å²) in [5, 5.41) is 0. The van der Waals surface area contributed by atoms with Crippen molar-refractivity contribution in [2.75, 3.05) is 0 Å². The van der Waals surface area contributed by atoms with Gasteiger partial charge in [0.15, 0.2) is 11.0 Å². The van der Waals surface area contributed by atoms with Gasteiger partial charge in [-0.05, 0) is 23.6 Å². The van der Waals surface area contributed by atoms with Crippen molar-refractivity contribution in [2.45, 2.75) is 26.8 Å². The molecule has 1 heterocycles. The van der Waals surface area contributed by atoms with Gasteiger partial charge in [0.05, 0.1) is 13.0 Å². The van der Waals surface area contributed by atoms with Crippen LogP contribution in [0.15, 0.2) is 54.6 Å². The van der Waals surface area contributed by atoms with Crippen LogP contribution in [0.25, 0.3) is 11.0 Å². The Hall–Kier alpha value is -2.09. The maximum absolute atomic E-state index is 3.58. The number of imidazole rings is 1. The molecule has 0 spiro atoms. The molecule has 0 fully saturated rings. The second-order valence-electron chi connectivity index (χ2n) is 5.76. The summed E-state index contributed by atoms with van der Waals surface area (Å²) in [5.41, 5.74) is 3.86. The Kier molecular flexibility index (Phi) is 3.55. The van der Waals surface area contributed by atoms with Crippen LogP contribution in [0, 0.1) is 5.92 Å². The van der Waals surface area contributed by atoms with Crippen LogP contribution in [0.3, 0.4) is 0 Å². The third-order valence-electron chi connectivity index (χ3n) is 3.56. The molecule has 2 nitrogen and oxygen atoms in total. The fourth-order valence-corrected chi connectivity index (χ4v) is 2.69. The molecule has 0 bridgehead atoms. The van der Waals surface area contributed by atoms with Gasteiger partial charge in [-0.15, -0.1) is 0 Å². The van der Waals surface area contributed by atoms with Crippen LogP contribution >= 0.6 is 0 Å². The van der Waals surface area contributed by atoms with Gasteiger partial charge in [-0.3, -0.25) is 0 Å². The highest BCUT2D eigenvalue weighted by molar-refractivity contribution is 5.71. The second kappa shape index (κ2) is 5.49. The number of benzene rings is 2. The first-order valence-electron chi connectivity index (χ1n) is 7.27. The molecule has 0 unspecified atom stereocenters. The van der Waals surface area contributed by atoms with Gasteiger partial charge in [0, 0.05) is 0 Å². The van der Waals surface area contributed by atoms with Crippen molar-refractivity contribution in [1.82, 2.24) is 4.98 Å². The van der Waals surface area contributed by atoms with Crippen molar-refractivity contribution < 1.29 is 4.57 Å². The van der Waals surface area contributed by atoms with Crippen molar-refractivity contribution in [1.29, 1.82) is 0 Å². The summed E-state index contributed by atoms with van der Waals surface area (Å²) in [6, 6.07) is 19.2. The number of H-pyrrole nitrogens is 1. The number of hydrogen-bond donors (Lipinski definition) is 1. The number of aromatic amines is 1. The van der Waals surface area contributed by atoms with Gasteiger partial charge in [0.25, 0.3) is 5.82 Å². The summed E-state index contributed by atoms with van der Waals surface area (Å²) in [7, 11) is 0. The summed E-state index contributed by atoms with van der Waals surface area (Å²) in [6.45, 7) is 5.58. The van der Waals surface area contributed by atoms with Crippen LogP contribution in [0.2, 0.25) is 0 Å². The maximum atomic E-state index is 3.58. The van der Waals surface area contributed by atoms with Crippen molar-refractivity contribution in [3.8, 4) is 0 Å². The van der Waals surface area contributed by atoms with E-state index in [0.29, 0.717) is 5.92 Å². The number of aromatic nitrogens is 2. The lowest BCUT2D eigenvalue weighted by Crippen LogP contribution is -2.39. The first kappa shape index (κ1) is 12.9. The van der Waals surface area contributed by atoms with Gasteiger partial charge >= 0.3 is 0 Å². The maximum Gasteiger partial charge on any atom is 0.259 e. The summed E-state index contributed by atoms with van der Waals surface area (Å²) in [4.78, 5) is 3.58. The van der Waals surface area contributed by atoms with Gasteiger partial charge in [-0.2, -0.15) is 0 Å². The summed E-state index contributed by atoms with van der Waals surface area (Å²) in [6.07, 6.45) is 0.947. The van der Waals surface area contributed by atoms with E-state index in [2.05, 4.69) is 78.0 Å². The fourth-order valence-electron chi connectivity index (χ4n) is 2.69. The van der Waals surface area contributed by atoms with Crippen LogP contribution in [-0.2, 0) is 13.0 Å². The molecule has 0 saturated heterocycles. The molecule has 0 atom stereocenters. The summed E-state index contributed by atoms with van der Waals surface area (Å²) < 4.78 is 2.42. The van der Waals surface area contributed by atoms with E-state index < -0.39 is 0 Å².